The standard InChI is InChI=1S/C12H19FO2/c1-9(13)12(8-10(14)15)6-4-11(2,3)5-7-12/h1,4-8H2,2-3H3,(H,14,15). The molecule has 1 fully saturated rings. The minimum absolute atomic E-state index is 0.127. The molecule has 86 valence electrons. The zero-order chi connectivity index (χ0) is 11.7. The lowest BCUT2D eigenvalue weighted by Crippen LogP contribution is -2.33. The third-order valence-electron chi connectivity index (χ3n) is 3.63. The zero-order valence-electron chi connectivity index (χ0n) is 9.48. The number of hydrogen-bond donors (Lipinski definition) is 1. The molecule has 3 heteroatoms. The van der Waals surface area contributed by atoms with Crippen LogP contribution >= 0.6 is 0 Å². The smallest absolute Gasteiger partial charge is 0.304 e. The Kier molecular flexibility index (Phi) is 3.22. The summed E-state index contributed by atoms with van der Waals surface area (Å²) in [5, 5.41) is 8.80. The molecule has 0 aromatic heterocycles. The molecule has 2 nitrogen and oxygen atoms in total. The SMILES string of the molecule is C=C(F)C1(CC(=O)O)CCC(C)(C)CC1. The highest BCUT2D eigenvalue weighted by Crippen LogP contribution is 2.50. The van der Waals surface area contributed by atoms with Crippen molar-refractivity contribution < 1.29 is 14.3 Å². The van der Waals surface area contributed by atoms with Crippen molar-refractivity contribution >= 4 is 5.97 Å². The number of hydrogen-bond acceptors (Lipinski definition) is 1. The highest BCUT2D eigenvalue weighted by molar-refractivity contribution is 5.68. The van der Waals surface area contributed by atoms with Crippen molar-refractivity contribution in [2.24, 2.45) is 10.8 Å². The maximum atomic E-state index is 13.4. The average Bonchev–Trinajstić information content (AvgIpc) is 2.08. The third kappa shape index (κ3) is 2.80. The van der Waals surface area contributed by atoms with Crippen LogP contribution in [0.1, 0.15) is 46.0 Å². The van der Waals surface area contributed by atoms with E-state index in [1.807, 2.05) is 0 Å². The Morgan fingerprint density at radius 2 is 1.80 bits per heavy atom. The summed E-state index contributed by atoms with van der Waals surface area (Å²) in [6.45, 7) is 7.60. The van der Waals surface area contributed by atoms with Crippen LogP contribution in [0.25, 0.3) is 0 Å². The van der Waals surface area contributed by atoms with E-state index in [-0.39, 0.29) is 11.8 Å². The van der Waals surface area contributed by atoms with E-state index >= 15 is 0 Å². The van der Waals surface area contributed by atoms with E-state index in [0.29, 0.717) is 12.8 Å². The Bertz CT molecular complexity index is 271. The Balaban J connectivity index is 2.78. The summed E-state index contributed by atoms with van der Waals surface area (Å²) >= 11 is 0. The molecule has 1 N–H and O–H groups in total. The summed E-state index contributed by atoms with van der Waals surface area (Å²) in [7, 11) is 0. The van der Waals surface area contributed by atoms with Crippen LogP contribution in [0, 0.1) is 10.8 Å². The van der Waals surface area contributed by atoms with E-state index in [2.05, 4.69) is 20.4 Å². The molecule has 1 rings (SSSR count). The zero-order valence-corrected chi connectivity index (χ0v) is 9.48. The van der Waals surface area contributed by atoms with Gasteiger partial charge in [-0.15, -0.1) is 0 Å². The Labute approximate surface area is 90.2 Å². The van der Waals surface area contributed by atoms with Crippen LogP contribution in [-0.4, -0.2) is 11.1 Å². The molecule has 0 spiro atoms. The summed E-state index contributed by atoms with van der Waals surface area (Å²) in [4.78, 5) is 10.7. The first-order valence-corrected chi connectivity index (χ1v) is 5.34. The summed E-state index contributed by atoms with van der Waals surface area (Å²) in [6.07, 6.45) is 2.80. The highest BCUT2D eigenvalue weighted by Gasteiger charge is 2.42. The lowest BCUT2D eigenvalue weighted by molar-refractivity contribution is -0.140. The van der Waals surface area contributed by atoms with Crippen molar-refractivity contribution in [3.8, 4) is 0 Å². The van der Waals surface area contributed by atoms with Gasteiger partial charge in [0.2, 0.25) is 0 Å². The molecule has 0 saturated heterocycles. The van der Waals surface area contributed by atoms with Gasteiger partial charge in [-0.3, -0.25) is 4.79 Å². The number of aliphatic carboxylic acids is 1. The van der Waals surface area contributed by atoms with Crippen LogP contribution in [0.2, 0.25) is 0 Å². The van der Waals surface area contributed by atoms with Gasteiger partial charge in [0.05, 0.1) is 12.2 Å². The highest BCUT2D eigenvalue weighted by atomic mass is 19.1. The molecule has 15 heavy (non-hydrogen) atoms. The van der Waals surface area contributed by atoms with Crippen LogP contribution < -0.4 is 0 Å². The number of carbonyl (C=O) groups is 1. The molecule has 0 radical (unpaired) electrons. The topological polar surface area (TPSA) is 37.3 Å². The van der Waals surface area contributed by atoms with Crippen molar-refractivity contribution in [3.63, 3.8) is 0 Å². The summed E-state index contributed by atoms with van der Waals surface area (Å²) in [5.41, 5.74) is -0.598. The third-order valence-corrected chi connectivity index (χ3v) is 3.63. The van der Waals surface area contributed by atoms with Gasteiger partial charge in [-0.05, 0) is 31.1 Å². The molecular weight excluding hydrogens is 195 g/mol. The van der Waals surface area contributed by atoms with E-state index in [9.17, 15) is 9.18 Å². The summed E-state index contributed by atoms with van der Waals surface area (Å²) in [5.74, 6) is -1.39. The summed E-state index contributed by atoms with van der Waals surface area (Å²) < 4.78 is 13.4. The molecule has 1 saturated carbocycles. The Morgan fingerprint density at radius 3 is 2.13 bits per heavy atom. The largest absolute Gasteiger partial charge is 0.481 e. The first-order chi connectivity index (χ1) is 6.77. The lowest BCUT2D eigenvalue weighted by atomic mass is 9.63. The van der Waals surface area contributed by atoms with Crippen LogP contribution in [-0.2, 0) is 4.79 Å². The van der Waals surface area contributed by atoms with Crippen molar-refractivity contribution in [3.05, 3.63) is 12.4 Å². The number of carboxylic acid groups (broad SMARTS) is 1. The molecule has 0 bridgehead atoms. The van der Waals surface area contributed by atoms with E-state index in [1.54, 1.807) is 0 Å². The van der Waals surface area contributed by atoms with Gasteiger partial charge in [-0.1, -0.05) is 20.4 Å². The molecule has 1 aliphatic carbocycles. The maximum absolute atomic E-state index is 13.4. The fourth-order valence-corrected chi connectivity index (χ4v) is 2.24. The quantitative estimate of drug-likeness (QED) is 0.780. The van der Waals surface area contributed by atoms with Crippen molar-refractivity contribution in [2.75, 3.05) is 0 Å². The normalized spacial score (nSPS) is 23.4. The van der Waals surface area contributed by atoms with Gasteiger partial charge in [0.15, 0.2) is 0 Å². The average molecular weight is 214 g/mol. The fraction of sp³-hybridized carbons (Fsp3) is 0.750. The predicted molar refractivity (Wildman–Crippen MR) is 57.2 cm³/mol. The predicted octanol–water partition coefficient (Wildman–Crippen LogP) is 3.53. The van der Waals surface area contributed by atoms with Gasteiger partial charge >= 0.3 is 5.97 Å². The molecule has 1 aliphatic rings. The molecule has 0 aromatic carbocycles. The van der Waals surface area contributed by atoms with E-state index < -0.39 is 17.2 Å². The number of rotatable bonds is 3. The Morgan fingerprint density at radius 1 is 1.33 bits per heavy atom. The second-order valence-electron chi connectivity index (χ2n) is 5.42. The monoisotopic (exact) mass is 214 g/mol. The van der Waals surface area contributed by atoms with E-state index in [1.165, 1.54) is 0 Å². The lowest BCUT2D eigenvalue weighted by Gasteiger charge is -2.41. The number of halogens is 1. The van der Waals surface area contributed by atoms with Crippen molar-refractivity contribution in [1.29, 1.82) is 0 Å². The molecule has 0 unspecified atom stereocenters. The maximum Gasteiger partial charge on any atom is 0.304 e. The van der Waals surface area contributed by atoms with E-state index in [0.717, 1.165) is 12.8 Å². The molecule has 0 amide bonds. The van der Waals surface area contributed by atoms with Gasteiger partial charge in [-0.25, -0.2) is 4.39 Å². The molecule has 0 heterocycles. The molecule has 0 aliphatic heterocycles. The number of allylic oxidation sites excluding steroid dienone is 1. The van der Waals surface area contributed by atoms with Crippen LogP contribution in [0.5, 0.6) is 0 Å². The minimum atomic E-state index is -0.937. The Hall–Kier alpha value is -0.860. The van der Waals surface area contributed by atoms with Gasteiger partial charge in [-0.2, -0.15) is 0 Å². The van der Waals surface area contributed by atoms with Crippen LogP contribution in [0.3, 0.4) is 0 Å². The fourth-order valence-electron chi connectivity index (χ4n) is 2.24. The van der Waals surface area contributed by atoms with Gasteiger partial charge in [0.1, 0.15) is 0 Å². The van der Waals surface area contributed by atoms with Crippen molar-refractivity contribution in [1.82, 2.24) is 0 Å². The molecule has 0 atom stereocenters. The van der Waals surface area contributed by atoms with Crippen LogP contribution in [0.15, 0.2) is 12.4 Å². The summed E-state index contributed by atoms with van der Waals surface area (Å²) in [6, 6.07) is 0. The van der Waals surface area contributed by atoms with Crippen molar-refractivity contribution in [2.45, 2.75) is 46.0 Å². The number of carboxylic acids is 1. The van der Waals surface area contributed by atoms with E-state index in [4.69, 9.17) is 5.11 Å². The first kappa shape index (κ1) is 12.2. The molecular formula is C12H19FO2. The van der Waals surface area contributed by atoms with Gasteiger partial charge < -0.3 is 5.11 Å². The second-order valence-corrected chi connectivity index (χ2v) is 5.42. The second kappa shape index (κ2) is 3.95. The minimum Gasteiger partial charge on any atom is -0.481 e. The molecule has 0 aromatic rings. The van der Waals surface area contributed by atoms with Crippen LogP contribution in [0.4, 0.5) is 4.39 Å². The van der Waals surface area contributed by atoms with Gasteiger partial charge in [0, 0.05) is 5.41 Å². The van der Waals surface area contributed by atoms with Gasteiger partial charge in [0.25, 0.3) is 0 Å². The first-order valence-electron chi connectivity index (χ1n) is 5.34.